The number of nitrogens with zero attached hydrogens (tertiary/aromatic N) is 3. The van der Waals surface area contributed by atoms with Crippen molar-refractivity contribution in [3.63, 3.8) is 0 Å². The Bertz CT molecular complexity index is 1270. The zero-order chi connectivity index (χ0) is 23.8. The predicted octanol–water partition coefficient (Wildman–Crippen LogP) is 1.73. The number of hydrogen-bond donors (Lipinski definition) is 2. The van der Waals surface area contributed by atoms with Crippen LogP contribution in [0.1, 0.15) is 23.2 Å². The van der Waals surface area contributed by atoms with Crippen LogP contribution >= 0.6 is 0 Å². The van der Waals surface area contributed by atoms with Gasteiger partial charge in [-0.2, -0.15) is 0 Å². The Balaban J connectivity index is 1.29. The Morgan fingerprint density at radius 3 is 3.06 bits per heavy atom. The molecule has 182 valence electrons. The Kier molecular flexibility index (Phi) is 5.61. The highest BCUT2D eigenvalue weighted by Gasteiger charge is 2.29. The fraction of sp³-hybridized carbons (Fsp3) is 0.417. The van der Waals surface area contributed by atoms with E-state index in [1.54, 1.807) is 11.1 Å². The third-order valence-electron chi connectivity index (χ3n) is 6.43. The predicted molar refractivity (Wildman–Crippen MR) is 123 cm³/mol. The van der Waals surface area contributed by atoms with E-state index >= 15 is 0 Å². The van der Waals surface area contributed by atoms with Gasteiger partial charge in [-0.25, -0.2) is 9.97 Å². The van der Waals surface area contributed by atoms with Crippen LogP contribution in [-0.4, -0.2) is 77.9 Å². The molecule has 2 aromatic heterocycles. The molecule has 0 spiro atoms. The second kappa shape index (κ2) is 9.06. The quantitative estimate of drug-likeness (QED) is 0.468. The Labute approximate surface area is 200 Å². The number of fused-ring (bicyclic) bond motifs is 2. The van der Waals surface area contributed by atoms with E-state index in [0.29, 0.717) is 77.3 Å². The average Bonchev–Trinajstić information content (AvgIpc) is 3.42. The standard InChI is InChI=1S/C24H25N5O6/c30-12-29-5-6-32-15(9-29)7-26-24(31)16-8-25-22-20(16)27-11-28-21(22)19-17(33-10-14-1-2-14)3-4-18-23(19)35-13-34-18/h3-4,8,11-12,14-15,25H,1-2,5-7,9-10,13H2,(H,26,31). The number of aromatic amines is 1. The molecule has 35 heavy (non-hydrogen) atoms. The molecule has 2 amide bonds. The van der Waals surface area contributed by atoms with Gasteiger partial charge in [-0.3, -0.25) is 9.59 Å². The minimum Gasteiger partial charge on any atom is -0.492 e. The third kappa shape index (κ3) is 4.23. The van der Waals surface area contributed by atoms with Crippen molar-refractivity contribution in [1.29, 1.82) is 0 Å². The number of ether oxygens (including phenoxy) is 4. The lowest BCUT2D eigenvalue weighted by Gasteiger charge is -2.30. The number of aromatic nitrogens is 3. The SMILES string of the molecule is O=CN1CCOC(CNC(=O)c2c[nH]c3c(-c4c(OCC5CC5)ccc5c4OCO5)ncnc23)C1. The summed E-state index contributed by atoms with van der Waals surface area (Å²) in [6, 6.07) is 3.70. The topological polar surface area (TPSA) is 128 Å². The van der Waals surface area contributed by atoms with Crippen LogP contribution in [0, 0.1) is 5.92 Å². The third-order valence-corrected chi connectivity index (χ3v) is 6.43. The smallest absolute Gasteiger partial charge is 0.255 e. The van der Waals surface area contributed by atoms with Crippen molar-refractivity contribution < 1.29 is 28.5 Å². The fourth-order valence-corrected chi connectivity index (χ4v) is 4.36. The molecule has 1 saturated carbocycles. The summed E-state index contributed by atoms with van der Waals surface area (Å²) in [6.45, 7) is 2.47. The first kappa shape index (κ1) is 21.7. The lowest BCUT2D eigenvalue weighted by atomic mass is 10.1. The Morgan fingerprint density at radius 1 is 1.29 bits per heavy atom. The van der Waals surface area contributed by atoms with Crippen LogP contribution in [-0.2, 0) is 9.53 Å². The van der Waals surface area contributed by atoms with E-state index in [-0.39, 0.29) is 25.3 Å². The molecule has 3 aromatic rings. The first-order valence-corrected chi connectivity index (χ1v) is 11.7. The molecule has 6 rings (SSSR count). The summed E-state index contributed by atoms with van der Waals surface area (Å²) in [5, 5.41) is 2.89. The zero-order valence-corrected chi connectivity index (χ0v) is 19.0. The average molecular weight is 479 g/mol. The molecule has 11 heteroatoms. The number of benzene rings is 1. The molecule has 4 heterocycles. The maximum Gasteiger partial charge on any atom is 0.255 e. The Morgan fingerprint density at radius 2 is 2.20 bits per heavy atom. The fourth-order valence-electron chi connectivity index (χ4n) is 4.36. The van der Waals surface area contributed by atoms with Crippen molar-refractivity contribution in [3.05, 3.63) is 30.2 Å². The molecule has 0 radical (unpaired) electrons. The summed E-state index contributed by atoms with van der Waals surface area (Å²) < 4.78 is 23.1. The van der Waals surface area contributed by atoms with Crippen molar-refractivity contribution in [1.82, 2.24) is 25.2 Å². The van der Waals surface area contributed by atoms with Gasteiger partial charge >= 0.3 is 0 Å². The molecule has 2 fully saturated rings. The van der Waals surface area contributed by atoms with Gasteiger partial charge in [0.2, 0.25) is 13.2 Å². The number of carbonyl (C=O) groups excluding carboxylic acids is 2. The van der Waals surface area contributed by atoms with Crippen LogP contribution in [0.5, 0.6) is 17.2 Å². The summed E-state index contributed by atoms with van der Waals surface area (Å²) in [5.74, 6) is 2.11. The molecule has 1 aliphatic carbocycles. The van der Waals surface area contributed by atoms with Crippen LogP contribution in [0.25, 0.3) is 22.3 Å². The highest BCUT2D eigenvalue weighted by Crippen LogP contribution is 2.48. The second-order valence-electron chi connectivity index (χ2n) is 8.88. The molecule has 3 aliphatic rings. The van der Waals surface area contributed by atoms with E-state index < -0.39 is 0 Å². The minimum atomic E-state index is -0.296. The monoisotopic (exact) mass is 479 g/mol. The molecule has 1 unspecified atom stereocenters. The molecule has 1 saturated heterocycles. The molecule has 2 N–H and O–H groups in total. The summed E-state index contributed by atoms with van der Waals surface area (Å²) in [7, 11) is 0. The van der Waals surface area contributed by atoms with E-state index in [1.165, 1.54) is 19.2 Å². The lowest BCUT2D eigenvalue weighted by molar-refractivity contribution is -0.125. The van der Waals surface area contributed by atoms with Gasteiger partial charge in [0.25, 0.3) is 5.91 Å². The van der Waals surface area contributed by atoms with Crippen molar-refractivity contribution in [2.75, 3.05) is 39.6 Å². The van der Waals surface area contributed by atoms with Crippen LogP contribution in [0.4, 0.5) is 0 Å². The van der Waals surface area contributed by atoms with Gasteiger partial charge in [0.15, 0.2) is 11.5 Å². The van der Waals surface area contributed by atoms with E-state index in [2.05, 4.69) is 20.3 Å². The highest BCUT2D eigenvalue weighted by molar-refractivity contribution is 6.08. The van der Waals surface area contributed by atoms with Crippen LogP contribution in [0.3, 0.4) is 0 Å². The van der Waals surface area contributed by atoms with Gasteiger partial charge < -0.3 is 34.1 Å². The molecule has 1 aromatic carbocycles. The lowest BCUT2D eigenvalue weighted by Crippen LogP contribution is -2.46. The maximum absolute atomic E-state index is 13.0. The van der Waals surface area contributed by atoms with Gasteiger partial charge in [-0.15, -0.1) is 0 Å². The van der Waals surface area contributed by atoms with Gasteiger partial charge in [0.1, 0.15) is 23.3 Å². The number of hydrogen-bond acceptors (Lipinski definition) is 8. The number of carbonyl (C=O) groups is 2. The number of rotatable bonds is 8. The van der Waals surface area contributed by atoms with Crippen LogP contribution in [0.15, 0.2) is 24.7 Å². The molecule has 11 nitrogen and oxygen atoms in total. The second-order valence-corrected chi connectivity index (χ2v) is 8.88. The van der Waals surface area contributed by atoms with E-state index in [1.807, 2.05) is 12.1 Å². The maximum atomic E-state index is 13.0. The van der Waals surface area contributed by atoms with Gasteiger partial charge in [-0.1, -0.05) is 0 Å². The largest absolute Gasteiger partial charge is 0.492 e. The molecular formula is C24H25N5O6. The first-order valence-electron chi connectivity index (χ1n) is 11.7. The number of amides is 2. The normalized spacial score (nSPS) is 19.1. The molecule has 0 bridgehead atoms. The van der Waals surface area contributed by atoms with Gasteiger partial charge in [0, 0.05) is 25.8 Å². The summed E-state index contributed by atoms with van der Waals surface area (Å²) in [6.07, 6.45) is 5.92. The molecule has 2 aliphatic heterocycles. The van der Waals surface area contributed by atoms with E-state index in [4.69, 9.17) is 18.9 Å². The zero-order valence-electron chi connectivity index (χ0n) is 19.0. The number of morpholine rings is 1. The minimum absolute atomic E-state index is 0.117. The molecule has 1 atom stereocenters. The number of H-pyrrole nitrogens is 1. The van der Waals surface area contributed by atoms with E-state index in [0.717, 1.165) is 6.41 Å². The van der Waals surface area contributed by atoms with Crippen molar-refractivity contribution in [3.8, 4) is 28.5 Å². The van der Waals surface area contributed by atoms with Crippen LogP contribution < -0.4 is 19.5 Å². The Hall–Kier alpha value is -3.86. The van der Waals surface area contributed by atoms with Crippen molar-refractivity contribution >= 4 is 23.4 Å². The molecular weight excluding hydrogens is 454 g/mol. The van der Waals surface area contributed by atoms with Gasteiger partial charge in [0.05, 0.1) is 36.0 Å². The summed E-state index contributed by atoms with van der Waals surface area (Å²) in [4.78, 5) is 37.7. The van der Waals surface area contributed by atoms with Gasteiger partial charge in [-0.05, 0) is 30.9 Å². The van der Waals surface area contributed by atoms with Crippen molar-refractivity contribution in [2.45, 2.75) is 18.9 Å². The summed E-state index contributed by atoms with van der Waals surface area (Å²) >= 11 is 0. The number of nitrogens with one attached hydrogen (secondary N) is 2. The summed E-state index contributed by atoms with van der Waals surface area (Å²) in [5.41, 5.74) is 2.71. The van der Waals surface area contributed by atoms with Crippen molar-refractivity contribution in [2.24, 2.45) is 5.92 Å². The van der Waals surface area contributed by atoms with Crippen LogP contribution in [0.2, 0.25) is 0 Å². The first-order chi connectivity index (χ1) is 17.2. The highest BCUT2D eigenvalue weighted by atomic mass is 16.7. The van der Waals surface area contributed by atoms with E-state index in [9.17, 15) is 9.59 Å².